The summed E-state index contributed by atoms with van der Waals surface area (Å²) in [5.41, 5.74) is 0.189. The monoisotopic (exact) mass is 179 g/mol. The van der Waals surface area contributed by atoms with Crippen LogP contribution in [0.2, 0.25) is 0 Å². The van der Waals surface area contributed by atoms with Gasteiger partial charge in [0.15, 0.2) is 0 Å². The van der Waals surface area contributed by atoms with Gasteiger partial charge in [-0.15, -0.1) is 0 Å². The molecule has 12 heavy (non-hydrogen) atoms. The van der Waals surface area contributed by atoms with Crippen LogP contribution < -0.4 is 0 Å². The largest absolute Gasteiger partial charge is 0.278 e. The van der Waals surface area contributed by atoms with Crippen molar-refractivity contribution in [3.63, 3.8) is 0 Å². The summed E-state index contributed by atoms with van der Waals surface area (Å²) in [6.07, 6.45) is 0. The Morgan fingerprint density at radius 2 is 2.17 bits per heavy atom. The highest BCUT2D eigenvalue weighted by molar-refractivity contribution is 7.09. The van der Waals surface area contributed by atoms with Gasteiger partial charge in [0.1, 0.15) is 0 Å². The lowest BCUT2D eigenvalue weighted by molar-refractivity contribution is -0.383. The molecule has 0 radical (unpaired) electrons. The number of benzene rings is 1. The van der Waals surface area contributed by atoms with E-state index in [2.05, 4.69) is 0 Å². The van der Waals surface area contributed by atoms with Crippen molar-refractivity contribution < 1.29 is 4.92 Å². The second-order valence-electron chi connectivity index (χ2n) is 2.41. The summed E-state index contributed by atoms with van der Waals surface area (Å²) < 4.78 is 0. The fourth-order valence-electron chi connectivity index (χ4n) is 1.14. The first kappa shape index (κ1) is 7.24. The first-order chi connectivity index (χ1) is 5.79. The van der Waals surface area contributed by atoms with E-state index < -0.39 is 0 Å². The molecule has 0 unspecified atom stereocenters. The summed E-state index contributed by atoms with van der Waals surface area (Å²) in [5.74, 6) is 0. The zero-order chi connectivity index (χ0) is 8.55. The fraction of sp³-hybridized carbons (Fsp3) is 0. The van der Waals surface area contributed by atoms with Gasteiger partial charge in [0.25, 0.3) is 5.69 Å². The third-order valence-electron chi connectivity index (χ3n) is 1.69. The maximum Gasteiger partial charge on any atom is 0.278 e. The van der Waals surface area contributed by atoms with Crippen LogP contribution >= 0.6 is 11.3 Å². The van der Waals surface area contributed by atoms with Crippen LogP contribution in [0.3, 0.4) is 0 Å². The molecule has 0 spiro atoms. The maximum absolute atomic E-state index is 10.5. The van der Waals surface area contributed by atoms with E-state index in [1.165, 1.54) is 17.4 Å². The number of nitrogens with zero attached hydrogens (tertiary/aromatic N) is 1. The first-order valence-electron chi connectivity index (χ1n) is 3.38. The van der Waals surface area contributed by atoms with Crippen LogP contribution in [-0.2, 0) is 0 Å². The molecule has 0 N–H and O–H groups in total. The predicted molar refractivity (Wildman–Crippen MR) is 48.5 cm³/mol. The van der Waals surface area contributed by atoms with E-state index in [0.717, 1.165) is 10.8 Å². The number of non-ortho nitro benzene ring substituents is 1. The minimum atomic E-state index is -0.352. The average Bonchev–Trinajstić information content (AvgIpc) is 2.49. The van der Waals surface area contributed by atoms with Crippen molar-refractivity contribution in [3.8, 4) is 0 Å². The predicted octanol–water partition coefficient (Wildman–Crippen LogP) is 2.81. The van der Waals surface area contributed by atoms with Crippen molar-refractivity contribution in [2.45, 2.75) is 0 Å². The van der Waals surface area contributed by atoms with Gasteiger partial charge in [-0.25, -0.2) is 0 Å². The van der Waals surface area contributed by atoms with Crippen LogP contribution in [0.5, 0.6) is 0 Å². The fourth-order valence-corrected chi connectivity index (χ4v) is 1.95. The molecule has 0 aliphatic carbocycles. The number of thiophene rings is 1. The number of hydrogen-bond donors (Lipinski definition) is 0. The van der Waals surface area contributed by atoms with Crippen molar-refractivity contribution in [2.24, 2.45) is 0 Å². The summed E-state index contributed by atoms with van der Waals surface area (Å²) in [6.45, 7) is 0. The van der Waals surface area contributed by atoms with Gasteiger partial charge in [-0.3, -0.25) is 10.1 Å². The topological polar surface area (TPSA) is 43.1 Å². The summed E-state index contributed by atoms with van der Waals surface area (Å²) in [6, 6.07) is 5.10. The summed E-state index contributed by atoms with van der Waals surface area (Å²) in [4.78, 5) is 10.2. The van der Waals surface area contributed by atoms with Crippen molar-refractivity contribution >= 4 is 27.8 Å². The molecule has 1 aromatic carbocycles. The molecule has 0 saturated carbocycles. The zero-order valence-electron chi connectivity index (χ0n) is 6.06. The third kappa shape index (κ3) is 0.967. The maximum atomic E-state index is 10.5. The van der Waals surface area contributed by atoms with Crippen molar-refractivity contribution in [3.05, 3.63) is 39.1 Å². The lowest BCUT2D eigenvalue weighted by atomic mass is 10.2. The number of rotatable bonds is 1. The molecule has 1 aromatic heterocycles. The standard InChI is InChI=1S/C8H5NO2S/c10-9(11)8-3-1-2-6-4-12-5-7(6)8/h1-5H. The highest BCUT2D eigenvalue weighted by atomic mass is 32.1. The Kier molecular flexibility index (Phi) is 1.55. The molecule has 0 bridgehead atoms. The smallest absolute Gasteiger partial charge is 0.258 e. The summed E-state index contributed by atoms with van der Waals surface area (Å²) in [5, 5.41) is 15.9. The quantitative estimate of drug-likeness (QED) is 0.499. The molecule has 0 aliphatic heterocycles. The summed E-state index contributed by atoms with van der Waals surface area (Å²) >= 11 is 1.48. The van der Waals surface area contributed by atoms with Crippen molar-refractivity contribution in [2.75, 3.05) is 0 Å². The van der Waals surface area contributed by atoms with Crippen LogP contribution in [0, 0.1) is 10.1 Å². The van der Waals surface area contributed by atoms with Crippen molar-refractivity contribution in [1.29, 1.82) is 0 Å². The Balaban J connectivity index is 2.82. The molecule has 2 aromatic rings. The Morgan fingerprint density at radius 3 is 2.92 bits per heavy atom. The minimum absolute atomic E-state index is 0.189. The van der Waals surface area contributed by atoms with Gasteiger partial charge in [-0.05, 0) is 10.8 Å². The second-order valence-corrected chi connectivity index (χ2v) is 3.15. The van der Waals surface area contributed by atoms with Crippen LogP contribution in [-0.4, -0.2) is 4.92 Å². The highest BCUT2D eigenvalue weighted by Gasteiger charge is 2.10. The molecule has 2 rings (SSSR count). The molecule has 0 amide bonds. The molecular formula is C8H5NO2S. The van der Waals surface area contributed by atoms with E-state index in [4.69, 9.17) is 0 Å². The van der Waals surface area contributed by atoms with E-state index in [-0.39, 0.29) is 10.6 Å². The second kappa shape index (κ2) is 2.57. The first-order valence-corrected chi connectivity index (χ1v) is 4.32. The van der Waals surface area contributed by atoms with Gasteiger partial charge in [0, 0.05) is 11.4 Å². The molecule has 0 fully saturated rings. The Hall–Kier alpha value is -1.42. The zero-order valence-corrected chi connectivity index (χ0v) is 6.88. The third-order valence-corrected chi connectivity index (χ3v) is 2.46. The van der Waals surface area contributed by atoms with Gasteiger partial charge < -0.3 is 0 Å². The van der Waals surface area contributed by atoms with Gasteiger partial charge in [-0.2, -0.15) is 11.3 Å². The van der Waals surface area contributed by atoms with E-state index in [1.807, 2.05) is 11.4 Å². The SMILES string of the molecule is O=[N+]([O-])c1cccc2cscc12. The Labute approximate surface area is 72.4 Å². The van der Waals surface area contributed by atoms with E-state index in [1.54, 1.807) is 11.4 Å². The summed E-state index contributed by atoms with van der Waals surface area (Å²) in [7, 11) is 0. The number of nitro groups is 1. The molecule has 3 nitrogen and oxygen atoms in total. The average molecular weight is 179 g/mol. The van der Waals surface area contributed by atoms with Crippen LogP contribution in [0.1, 0.15) is 0 Å². The number of nitro benzene ring substituents is 1. The number of hydrogen-bond acceptors (Lipinski definition) is 3. The van der Waals surface area contributed by atoms with Crippen LogP contribution in [0.25, 0.3) is 10.8 Å². The van der Waals surface area contributed by atoms with Crippen LogP contribution in [0.4, 0.5) is 5.69 Å². The Bertz CT molecular complexity index is 435. The number of fused-ring (bicyclic) bond motifs is 1. The van der Waals surface area contributed by atoms with E-state index in [9.17, 15) is 10.1 Å². The van der Waals surface area contributed by atoms with Gasteiger partial charge in [-0.1, -0.05) is 12.1 Å². The molecule has 4 heteroatoms. The minimum Gasteiger partial charge on any atom is -0.258 e. The van der Waals surface area contributed by atoms with E-state index >= 15 is 0 Å². The molecule has 0 aliphatic rings. The normalized spacial score (nSPS) is 10.3. The lowest BCUT2D eigenvalue weighted by Crippen LogP contribution is -1.86. The van der Waals surface area contributed by atoms with Crippen LogP contribution in [0.15, 0.2) is 29.0 Å². The molecular weight excluding hydrogens is 174 g/mol. The van der Waals surface area contributed by atoms with Gasteiger partial charge in [0.05, 0.1) is 10.3 Å². The Morgan fingerprint density at radius 1 is 1.33 bits per heavy atom. The lowest BCUT2D eigenvalue weighted by Gasteiger charge is -1.91. The molecule has 60 valence electrons. The molecule has 0 saturated heterocycles. The highest BCUT2D eigenvalue weighted by Crippen LogP contribution is 2.27. The molecule has 0 atom stereocenters. The van der Waals surface area contributed by atoms with Gasteiger partial charge in [0.2, 0.25) is 0 Å². The van der Waals surface area contributed by atoms with Crippen molar-refractivity contribution in [1.82, 2.24) is 0 Å². The molecule has 1 heterocycles. The van der Waals surface area contributed by atoms with E-state index in [0.29, 0.717) is 0 Å². The van der Waals surface area contributed by atoms with Gasteiger partial charge >= 0.3 is 0 Å².